The van der Waals surface area contributed by atoms with Crippen LogP contribution in [0.15, 0.2) is 46.9 Å². The highest BCUT2D eigenvalue weighted by Gasteiger charge is 2.18. The van der Waals surface area contributed by atoms with Crippen molar-refractivity contribution in [3.8, 4) is 10.6 Å². The standard InChI is InChI=1S/C22H24N4O6S/c1-12(17(27)24-13(2)20(29)31-6)23-18(28)16-11-33-19(26-16)14-8-7-9-15(10-14)25-21(30)32-22(3,4)5/h7-11H,1H2,2-6H3,(H,23,28)(H,25,30)/b24-13+. The first-order valence-corrected chi connectivity index (χ1v) is 10.5. The number of hydrogen-bond donors (Lipinski definition) is 2. The van der Waals surface area contributed by atoms with Crippen LogP contribution in [0.3, 0.4) is 0 Å². The molecule has 0 saturated heterocycles. The molecule has 1 heterocycles. The molecule has 0 atom stereocenters. The van der Waals surface area contributed by atoms with Gasteiger partial charge in [-0.2, -0.15) is 0 Å². The maximum absolute atomic E-state index is 12.4. The molecule has 33 heavy (non-hydrogen) atoms. The lowest BCUT2D eigenvalue weighted by molar-refractivity contribution is -0.133. The number of carbonyl (C=O) groups excluding carboxylic acids is 4. The number of benzene rings is 1. The lowest BCUT2D eigenvalue weighted by Crippen LogP contribution is -2.27. The molecule has 1 aromatic heterocycles. The zero-order valence-electron chi connectivity index (χ0n) is 18.8. The summed E-state index contributed by atoms with van der Waals surface area (Å²) in [6.45, 7) is 10.1. The number of carbonyl (C=O) groups is 4. The molecule has 2 aromatic rings. The van der Waals surface area contributed by atoms with Gasteiger partial charge in [0.2, 0.25) is 0 Å². The SMILES string of the molecule is C=C(NC(=O)c1csc(-c2cccc(NC(=O)OC(C)(C)C)c2)n1)C(=O)/N=C(\C)C(=O)OC. The molecule has 0 fully saturated rings. The quantitative estimate of drug-likeness (QED) is 0.373. The summed E-state index contributed by atoms with van der Waals surface area (Å²) in [5.41, 5.74) is 0.105. The molecule has 10 nitrogen and oxygen atoms in total. The van der Waals surface area contributed by atoms with Crippen LogP contribution in [0.4, 0.5) is 10.5 Å². The van der Waals surface area contributed by atoms with E-state index in [2.05, 4.69) is 31.9 Å². The fraction of sp³-hybridized carbons (Fsp3) is 0.273. The number of nitrogens with zero attached hydrogens (tertiary/aromatic N) is 2. The number of rotatable bonds is 6. The maximum Gasteiger partial charge on any atom is 0.412 e. The molecule has 0 bridgehead atoms. The van der Waals surface area contributed by atoms with Crippen molar-refractivity contribution < 1.29 is 28.7 Å². The third kappa shape index (κ3) is 7.65. The Hall–Kier alpha value is -3.86. The highest BCUT2D eigenvalue weighted by molar-refractivity contribution is 7.13. The fourth-order valence-electron chi connectivity index (χ4n) is 2.33. The Kier molecular flexibility index (Phi) is 8.19. The summed E-state index contributed by atoms with van der Waals surface area (Å²) < 4.78 is 9.70. The van der Waals surface area contributed by atoms with E-state index in [-0.39, 0.29) is 17.1 Å². The van der Waals surface area contributed by atoms with Gasteiger partial charge in [-0.15, -0.1) is 11.3 Å². The summed E-state index contributed by atoms with van der Waals surface area (Å²) in [4.78, 5) is 55.6. The lowest BCUT2D eigenvalue weighted by Gasteiger charge is -2.19. The molecule has 174 valence electrons. The molecule has 0 radical (unpaired) electrons. The van der Waals surface area contributed by atoms with Gasteiger partial charge in [-0.1, -0.05) is 18.7 Å². The first-order valence-electron chi connectivity index (χ1n) is 9.63. The first kappa shape index (κ1) is 25.4. The normalized spacial score (nSPS) is 11.4. The monoisotopic (exact) mass is 472 g/mol. The molecular weight excluding hydrogens is 448 g/mol. The van der Waals surface area contributed by atoms with Gasteiger partial charge in [0.15, 0.2) is 0 Å². The highest BCUT2D eigenvalue weighted by Crippen LogP contribution is 2.26. The third-order valence-electron chi connectivity index (χ3n) is 3.76. The van der Waals surface area contributed by atoms with Crippen LogP contribution >= 0.6 is 11.3 Å². The molecule has 0 saturated carbocycles. The molecule has 11 heteroatoms. The summed E-state index contributed by atoms with van der Waals surface area (Å²) in [5, 5.41) is 6.99. The van der Waals surface area contributed by atoms with Crippen LogP contribution in [0.2, 0.25) is 0 Å². The van der Waals surface area contributed by atoms with Crippen molar-refractivity contribution in [1.82, 2.24) is 10.3 Å². The van der Waals surface area contributed by atoms with Gasteiger partial charge in [0, 0.05) is 16.6 Å². The second-order valence-corrected chi connectivity index (χ2v) is 8.53. The van der Waals surface area contributed by atoms with E-state index >= 15 is 0 Å². The number of aromatic nitrogens is 1. The van der Waals surface area contributed by atoms with Crippen molar-refractivity contribution >= 4 is 46.6 Å². The number of thiazole rings is 1. The van der Waals surface area contributed by atoms with Crippen molar-refractivity contribution in [1.29, 1.82) is 0 Å². The zero-order chi connectivity index (χ0) is 24.8. The minimum Gasteiger partial charge on any atom is -0.465 e. The predicted molar refractivity (Wildman–Crippen MR) is 124 cm³/mol. The molecule has 2 N–H and O–H groups in total. The van der Waals surface area contributed by atoms with E-state index in [0.29, 0.717) is 16.3 Å². The van der Waals surface area contributed by atoms with Crippen LogP contribution in [-0.4, -0.2) is 47.3 Å². The van der Waals surface area contributed by atoms with E-state index in [1.54, 1.807) is 45.0 Å². The average molecular weight is 473 g/mol. The van der Waals surface area contributed by atoms with Crippen LogP contribution in [0.5, 0.6) is 0 Å². The molecular formula is C22H24N4O6S. The Morgan fingerprint density at radius 3 is 2.52 bits per heavy atom. The van der Waals surface area contributed by atoms with E-state index in [1.165, 1.54) is 23.6 Å². The predicted octanol–water partition coefficient (Wildman–Crippen LogP) is 3.56. The van der Waals surface area contributed by atoms with Crippen LogP contribution in [0.25, 0.3) is 10.6 Å². The number of aliphatic imine (C=N–C) groups is 1. The molecule has 0 aliphatic heterocycles. The molecule has 0 spiro atoms. The van der Waals surface area contributed by atoms with Crippen molar-refractivity contribution in [3.05, 3.63) is 47.6 Å². The van der Waals surface area contributed by atoms with Crippen molar-refractivity contribution in [2.24, 2.45) is 4.99 Å². The van der Waals surface area contributed by atoms with Gasteiger partial charge < -0.3 is 14.8 Å². The summed E-state index contributed by atoms with van der Waals surface area (Å²) in [5.74, 6) is -2.32. The van der Waals surface area contributed by atoms with Gasteiger partial charge in [0.05, 0.1) is 7.11 Å². The van der Waals surface area contributed by atoms with Gasteiger partial charge in [-0.05, 0) is 39.8 Å². The molecule has 0 unspecified atom stereocenters. The number of amides is 3. The van der Waals surface area contributed by atoms with Crippen molar-refractivity contribution in [2.45, 2.75) is 33.3 Å². The van der Waals surface area contributed by atoms with E-state index in [4.69, 9.17) is 4.74 Å². The maximum atomic E-state index is 12.4. The average Bonchev–Trinajstić information content (AvgIpc) is 3.22. The Balaban J connectivity index is 2.08. The topological polar surface area (TPSA) is 136 Å². The second-order valence-electron chi connectivity index (χ2n) is 7.67. The molecule has 2 rings (SSSR count). The van der Waals surface area contributed by atoms with Gasteiger partial charge in [-0.25, -0.2) is 19.6 Å². The Labute approximate surface area is 194 Å². The summed E-state index contributed by atoms with van der Waals surface area (Å²) in [6.07, 6.45) is -0.591. The molecule has 0 aliphatic rings. The minimum absolute atomic E-state index is 0.0584. The van der Waals surface area contributed by atoms with E-state index in [9.17, 15) is 19.2 Å². The summed E-state index contributed by atoms with van der Waals surface area (Å²) in [7, 11) is 1.16. The van der Waals surface area contributed by atoms with Crippen molar-refractivity contribution in [3.63, 3.8) is 0 Å². The number of esters is 1. The van der Waals surface area contributed by atoms with Gasteiger partial charge in [0.1, 0.15) is 27.7 Å². The number of hydrogen-bond acceptors (Lipinski definition) is 8. The number of ether oxygens (including phenoxy) is 2. The molecule has 1 aromatic carbocycles. The smallest absolute Gasteiger partial charge is 0.412 e. The fourth-order valence-corrected chi connectivity index (χ4v) is 3.13. The number of methoxy groups -OCH3 is 1. The Morgan fingerprint density at radius 2 is 1.88 bits per heavy atom. The molecule has 3 amide bonds. The van der Waals surface area contributed by atoms with E-state index < -0.39 is 29.5 Å². The van der Waals surface area contributed by atoms with Crippen LogP contribution in [-0.2, 0) is 19.1 Å². The van der Waals surface area contributed by atoms with E-state index in [0.717, 1.165) is 7.11 Å². The summed E-state index contributed by atoms with van der Waals surface area (Å²) in [6, 6.07) is 6.89. The number of anilines is 1. The summed E-state index contributed by atoms with van der Waals surface area (Å²) >= 11 is 1.20. The lowest BCUT2D eigenvalue weighted by atomic mass is 10.2. The largest absolute Gasteiger partial charge is 0.465 e. The Morgan fingerprint density at radius 1 is 1.18 bits per heavy atom. The second kappa shape index (κ2) is 10.6. The van der Waals surface area contributed by atoms with Crippen LogP contribution in [0, 0.1) is 0 Å². The van der Waals surface area contributed by atoms with E-state index in [1.807, 2.05) is 0 Å². The van der Waals surface area contributed by atoms with Crippen LogP contribution < -0.4 is 10.6 Å². The molecule has 0 aliphatic carbocycles. The van der Waals surface area contributed by atoms with Gasteiger partial charge >= 0.3 is 12.1 Å². The number of nitrogens with one attached hydrogen (secondary N) is 2. The van der Waals surface area contributed by atoms with Crippen molar-refractivity contribution in [2.75, 3.05) is 12.4 Å². The Bertz CT molecular complexity index is 1130. The first-order chi connectivity index (χ1) is 15.4. The highest BCUT2D eigenvalue weighted by atomic mass is 32.1. The van der Waals surface area contributed by atoms with Crippen LogP contribution in [0.1, 0.15) is 38.2 Å². The van der Waals surface area contributed by atoms with Gasteiger partial charge in [-0.3, -0.25) is 14.9 Å². The van der Waals surface area contributed by atoms with Gasteiger partial charge in [0.25, 0.3) is 11.8 Å². The zero-order valence-corrected chi connectivity index (χ0v) is 19.7. The third-order valence-corrected chi connectivity index (χ3v) is 4.66. The minimum atomic E-state index is -0.886.